The number of nitrogens with one attached hydrogen (secondary N) is 1. The fourth-order valence-electron chi connectivity index (χ4n) is 1.98. The van der Waals surface area contributed by atoms with Crippen molar-refractivity contribution in [3.63, 3.8) is 0 Å². The van der Waals surface area contributed by atoms with Crippen molar-refractivity contribution in [2.45, 2.75) is 19.3 Å². The van der Waals surface area contributed by atoms with Crippen molar-refractivity contribution in [2.75, 3.05) is 13.1 Å². The van der Waals surface area contributed by atoms with E-state index in [4.69, 9.17) is 0 Å². The van der Waals surface area contributed by atoms with Crippen molar-refractivity contribution in [2.24, 2.45) is 5.92 Å². The number of aryl methyl sites for hydroxylation is 1. The van der Waals surface area contributed by atoms with Crippen molar-refractivity contribution in [3.05, 3.63) is 34.3 Å². The Labute approximate surface area is 94.0 Å². The van der Waals surface area contributed by atoms with E-state index in [1.165, 1.54) is 42.4 Å². The maximum absolute atomic E-state index is 3.45. The molecule has 2 heteroatoms. The summed E-state index contributed by atoms with van der Waals surface area (Å²) in [5.41, 5.74) is 1.46. The summed E-state index contributed by atoms with van der Waals surface area (Å²) in [6.45, 7) is 2.43. The maximum Gasteiger partial charge on any atom is 0.0175 e. The Morgan fingerprint density at radius 3 is 2.71 bits per heavy atom. The zero-order valence-corrected chi connectivity index (χ0v) is 9.89. The second-order valence-corrected chi connectivity index (χ2v) is 4.94. The van der Waals surface area contributed by atoms with Crippen molar-refractivity contribution in [3.8, 4) is 0 Å². The van der Waals surface area contributed by atoms with Crippen LogP contribution in [0.2, 0.25) is 0 Å². The normalized spacial score (nSPS) is 21.4. The predicted octanol–water partition coefficient (Wildman–Crippen LogP) is 2.99. The van der Waals surface area contributed by atoms with E-state index in [1.54, 1.807) is 0 Å². The van der Waals surface area contributed by atoms with Crippen LogP contribution in [0.25, 0.3) is 0 Å². The molecule has 1 fully saturated rings. The SMILES string of the molecule is Brc1ccc(CCC2CCNC2)cc1. The van der Waals surface area contributed by atoms with Gasteiger partial charge in [0, 0.05) is 4.47 Å². The van der Waals surface area contributed by atoms with Crippen LogP contribution in [0.3, 0.4) is 0 Å². The average molecular weight is 254 g/mol. The van der Waals surface area contributed by atoms with Gasteiger partial charge in [0.05, 0.1) is 0 Å². The highest BCUT2D eigenvalue weighted by molar-refractivity contribution is 9.10. The third kappa shape index (κ3) is 2.82. The summed E-state index contributed by atoms with van der Waals surface area (Å²) in [4.78, 5) is 0. The van der Waals surface area contributed by atoms with E-state index >= 15 is 0 Å². The zero-order chi connectivity index (χ0) is 9.80. The van der Waals surface area contributed by atoms with Gasteiger partial charge in [-0.05, 0) is 56.0 Å². The molecule has 2 rings (SSSR count). The van der Waals surface area contributed by atoms with Crippen LogP contribution in [0.15, 0.2) is 28.7 Å². The average Bonchev–Trinajstić information content (AvgIpc) is 2.70. The van der Waals surface area contributed by atoms with Gasteiger partial charge in [0.2, 0.25) is 0 Å². The molecule has 1 saturated heterocycles. The number of rotatable bonds is 3. The molecule has 1 heterocycles. The molecule has 0 spiro atoms. The smallest absolute Gasteiger partial charge is 0.0175 e. The molecule has 14 heavy (non-hydrogen) atoms. The van der Waals surface area contributed by atoms with Gasteiger partial charge in [-0.25, -0.2) is 0 Å². The van der Waals surface area contributed by atoms with Gasteiger partial charge in [0.25, 0.3) is 0 Å². The Kier molecular flexibility index (Phi) is 3.60. The molecule has 0 bridgehead atoms. The van der Waals surface area contributed by atoms with Crippen LogP contribution in [0.1, 0.15) is 18.4 Å². The third-order valence-corrected chi connectivity index (χ3v) is 3.45. The first kappa shape index (κ1) is 10.2. The lowest BCUT2D eigenvalue weighted by atomic mass is 9.99. The first-order valence-electron chi connectivity index (χ1n) is 5.30. The van der Waals surface area contributed by atoms with Gasteiger partial charge in [0.15, 0.2) is 0 Å². The van der Waals surface area contributed by atoms with Gasteiger partial charge < -0.3 is 5.32 Å². The van der Waals surface area contributed by atoms with Gasteiger partial charge in [-0.2, -0.15) is 0 Å². The summed E-state index contributed by atoms with van der Waals surface area (Å²) in [7, 11) is 0. The van der Waals surface area contributed by atoms with Crippen LogP contribution in [0.5, 0.6) is 0 Å². The largest absolute Gasteiger partial charge is 0.316 e. The Morgan fingerprint density at radius 1 is 1.29 bits per heavy atom. The second-order valence-electron chi connectivity index (χ2n) is 4.02. The summed E-state index contributed by atoms with van der Waals surface area (Å²) in [6.07, 6.45) is 3.91. The van der Waals surface area contributed by atoms with Crippen LogP contribution in [0, 0.1) is 5.92 Å². The molecule has 1 atom stereocenters. The summed E-state index contributed by atoms with van der Waals surface area (Å²) in [6, 6.07) is 8.68. The van der Waals surface area contributed by atoms with E-state index in [2.05, 4.69) is 45.5 Å². The minimum absolute atomic E-state index is 0.902. The maximum atomic E-state index is 3.45. The van der Waals surface area contributed by atoms with E-state index in [1.807, 2.05) is 0 Å². The van der Waals surface area contributed by atoms with Crippen LogP contribution < -0.4 is 5.32 Å². The lowest BCUT2D eigenvalue weighted by molar-refractivity contribution is 0.533. The second kappa shape index (κ2) is 4.94. The van der Waals surface area contributed by atoms with Crippen molar-refractivity contribution >= 4 is 15.9 Å². The van der Waals surface area contributed by atoms with Gasteiger partial charge in [-0.1, -0.05) is 28.1 Å². The number of halogens is 1. The van der Waals surface area contributed by atoms with Gasteiger partial charge in [-0.15, -0.1) is 0 Å². The number of hydrogen-bond donors (Lipinski definition) is 1. The Balaban J connectivity index is 1.82. The fourth-order valence-corrected chi connectivity index (χ4v) is 2.25. The Morgan fingerprint density at radius 2 is 2.07 bits per heavy atom. The first-order valence-corrected chi connectivity index (χ1v) is 6.09. The molecule has 1 nitrogen and oxygen atoms in total. The van der Waals surface area contributed by atoms with E-state index < -0.39 is 0 Å². The minimum Gasteiger partial charge on any atom is -0.316 e. The lowest BCUT2D eigenvalue weighted by Crippen LogP contribution is -2.09. The van der Waals surface area contributed by atoms with Crippen molar-refractivity contribution in [1.29, 1.82) is 0 Å². The predicted molar refractivity (Wildman–Crippen MR) is 63.4 cm³/mol. The molecular weight excluding hydrogens is 238 g/mol. The summed E-state index contributed by atoms with van der Waals surface area (Å²) in [5, 5.41) is 3.41. The molecule has 1 unspecified atom stereocenters. The standard InChI is InChI=1S/C12H16BrN/c13-12-5-3-10(4-6-12)1-2-11-7-8-14-9-11/h3-6,11,14H,1-2,7-9H2. The Hall–Kier alpha value is -0.340. The summed E-state index contributed by atoms with van der Waals surface area (Å²) >= 11 is 3.45. The molecule has 0 aromatic heterocycles. The highest BCUT2D eigenvalue weighted by Crippen LogP contribution is 2.17. The van der Waals surface area contributed by atoms with Crippen LogP contribution in [-0.4, -0.2) is 13.1 Å². The van der Waals surface area contributed by atoms with E-state index in [0.29, 0.717) is 0 Å². The molecule has 0 amide bonds. The molecule has 1 aromatic carbocycles. The first-order chi connectivity index (χ1) is 6.84. The van der Waals surface area contributed by atoms with E-state index in [0.717, 1.165) is 5.92 Å². The minimum atomic E-state index is 0.902. The molecule has 1 aliphatic heterocycles. The molecular formula is C12H16BrN. The van der Waals surface area contributed by atoms with Crippen LogP contribution >= 0.6 is 15.9 Å². The van der Waals surface area contributed by atoms with Gasteiger partial charge in [-0.3, -0.25) is 0 Å². The molecule has 1 aliphatic rings. The van der Waals surface area contributed by atoms with Crippen molar-refractivity contribution in [1.82, 2.24) is 5.32 Å². The van der Waals surface area contributed by atoms with Crippen LogP contribution in [0.4, 0.5) is 0 Å². The summed E-state index contributed by atoms with van der Waals surface area (Å²) < 4.78 is 1.17. The fraction of sp³-hybridized carbons (Fsp3) is 0.500. The molecule has 0 saturated carbocycles. The molecule has 0 aliphatic carbocycles. The molecule has 76 valence electrons. The van der Waals surface area contributed by atoms with E-state index in [-0.39, 0.29) is 0 Å². The van der Waals surface area contributed by atoms with E-state index in [9.17, 15) is 0 Å². The molecule has 1 aromatic rings. The van der Waals surface area contributed by atoms with Crippen LogP contribution in [-0.2, 0) is 6.42 Å². The number of benzene rings is 1. The monoisotopic (exact) mass is 253 g/mol. The topological polar surface area (TPSA) is 12.0 Å². The third-order valence-electron chi connectivity index (χ3n) is 2.92. The number of hydrogen-bond acceptors (Lipinski definition) is 1. The van der Waals surface area contributed by atoms with Gasteiger partial charge >= 0.3 is 0 Å². The lowest BCUT2D eigenvalue weighted by Gasteiger charge is -2.07. The molecule has 0 radical (unpaired) electrons. The zero-order valence-electron chi connectivity index (χ0n) is 8.30. The van der Waals surface area contributed by atoms with Crippen molar-refractivity contribution < 1.29 is 0 Å². The highest BCUT2D eigenvalue weighted by Gasteiger charge is 2.13. The Bertz CT molecular complexity index is 275. The highest BCUT2D eigenvalue weighted by atomic mass is 79.9. The summed E-state index contributed by atoms with van der Waals surface area (Å²) in [5.74, 6) is 0.902. The quantitative estimate of drug-likeness (QED) is 0.874. The van der Waals surface area contributed by atoms with Gasteiger partial charge in [0.1, 0.15) is 0 Å². The molecule has 1 N–H and O–H groups in total.